The molecule has 4 heterocycles. The molecular weight excluding hydrogens is 378 g/mol. The van der Waals surface area contributed by atoms with Crippen molar-refractivity contribution in [2.45, 2.75) is 44.2 Å². The lowest BCUT2D eigenvalue weighted by atomic mass is 9.75. The van der Waals surface area contributed by atoms with Gasteiger partial charge >= 0.3 is 0 Å². The minimum atomic E-state index is -0.639. The zero-order valence-electron chi connectivity index (χ0n) is 16.1. The van der Waals surface area contributed by atoms with Crippen LogP contribution in [0.5, 0.6) is 0 Å². The molecule has 2 unspecified atom stereocenters. The van der Waals surface area contributed by atoms with E-state index in [2.05, 4.69) is 12.0 Å². The Hall–Kier alpha value is -1.63. The molecule has 7 heteroatoms. The Morgan fingerprint density at radius 2 is 1.96 bits per heavy atom. The molecule has 2 saturated heterocycles. The summed E-state index contributed by atoms with van der Waals surface area (Å²) in [5.74, 6) is 0.626. The van der Waals surface area contributed by atoms with Crippen LogP contribution in [-0.2, 0) is 15.1 Å². The van der Waals surface area contributed by atoms with E-state index in [1.807, 2.05) is 27.9 Å². The number of benzene rings is 1. The molecule has 2 aromatic rings. The lowest BCUT2D eigenvalue weighted by Crippen LogP contribution is -2.49. The summed E-state index contributed by atoms with van der Waals surface area (Å²) in [7, 11) is 0. The molecule has 1 N–H and O–H groups in total. The second kappa shape index (κ2) is 6.71. The zero-order chi connectivity index (χ0) is 19.5. The number of hydrogen-bond acceptors (Lipinski definition) is 4. The fourth-order valence-electron chi connectivity index (χ4n) is 5.45. The van der Waals surface area contributed by atoms with Gasteiger partial charge < -0.3 is 14.7 Å². The molecule has 6 nitrogen and oxygen atoms in total. The number of carbonyl (C=O) groups is 1. The highest BCUT2D eigenvalue weighted by Crippen LogP contribution is 2.51. The van der Waals surface area contributed by atoms with Crippen LogP contribution in [0, 0.1) is 11.8 Å². The van der Waals surface area contributed by atoms with Gasteiger partial charge in [0.15, 0.2) is 0 Å². The monoisotopic (exact) mass is 403 g/mol. The van der Waals surface area contributed by atoms with Gasteiger partial charge in [-0.3, -0.25) is 9.48 Å². The summed E-state index contributed by atoms with van der Waals surface area (Å²) in [6.45, 7) is 4.95. The fourth-order valence-corrected chi connectivity index (χ4v) is 5.69. The third kappa shape index (κ3) is 2.61. The van der Waals surface area contributed by atoms with E-state index in [0.29, 0.717) is 18.2 Å². The largest absolute Gasteiger partial charge is 0.386 e. The molecule has 1 aromatic heterocycles. The van der Waals surface area contributed by atoms with Crippen LogP contribution in [0.2, 0.25) is 5.02 Å². The molecule has 2 fully saturated rings. The summed E-state index contributed by atoms with van der Waals surface area (Å²) < 4.78 is 7.39. The number of aromatic nitrogens is 2. The first-order valence-corrected chi connectivity index (χ1v) is 10.6. The van der Waals surface area contributed by atoms with E-state index < -0.39 is 11.6 Å². The van der Waals surface area contributed by atoms with Gasteiger partial charge in [-0.2, -0.15) is 5.10 Å². The van der Waals surface area contributed by atoms with Crippen molar-refractivity contribution in [2.24, 2.45) is 11.8 Å². The molecule has 0 spiro atoms. The maximum atomic E-state index is 12.8. The standard InChI is InChI=1S/C21H26ClN3O3/c1-21(19(26)17-11-16(22)10-14-12-23-25(21)18(14)17)15-2-6-24(7-3-15)20(27)13-4-8-28-9-5-13/h10-13,15,19,26H,2-9H2,1H3. The van der Waals surface area contributed by atoms with Gasteiger partial charge in [0, 0.05) is 48.2 Å². The van der Waals surface area contributed by atoms with Crippen LogP contribution < -0.4 is 0 Å². The van der Waals surface area contributed by atoms with Gasteiger partial charge in [-0.1, -0.05) is 11.6 Å². The fraction of sp³-hybridized carbons (Fsp3) is 0.619. The Morgan fingerprint density at radius 1 is 1.25 bits per heavy atom. The third-order valence-electron chi connectivity index (χ3n) is 7.17. The average molecular weight is 404 g/mol. The highest BCUT2D eigenvalue weighted by Gasteiger charge is 2.50. The number of rotatable bonds is 2. The van der Waals surface area contributed by atoms with Gasteiger partial charge in [-0.25, -0.2) is 0 Å². The number of ether oxygens (including phenoxy) is 1. The number of halogens is 1. The van der Waals surface area contributed by atoms with Crippen LogP contribution >= 0.6 is 11.6 Å². The maximum absolute atomic E-state index is 12.8. The molecule has 0 aliphatic carbocycles. The molecule has 3 aliphatic rings. The first-order valence-electron chi connectivity index (χ1n) is 10.2. The van der Waals surface area contributed by atoms with Crippen molar-refractivity contribution in [3.63, 3.8) is 0 Å². The Morgan fingerprint density at radius 3 is 2.68 bits per heavy atom. The smallest absolute Gasteiger partial charge is 0.225 e. The average Bonchev–Trinajstić information content (AvgIpc) is 3.24. The van der Waals surface area contributed by atoms with Gasteiger partial charge in [0.05, 0.1) is 17.3 Å². The highest BCUT2D eigenvalue weighted by molar-refractivity contribution is 6.31. The van der Waals surface area contributed by atoms with Crippen molar-refractivity contribution in [1.29, 1.82) is 0 Å². The number of nitrogens with zero attached hydrogens (tertiary/aromatic N) is 3. The van der Waals surface area contributed by atoms with Crippen LogP contribution in [0.25, 0.3) is 10.9 Å². The SMILES string of the molecule is CC1(C2CCN(C(=O)C3CCOCC3)CC2)C(O)c2cc(Cl)cc3cnn1c23. The van der Waals surface area contributed by atoms with Crippen LogP contribution in [0.3, 0.4) is 0 Å². The molecule has 5 rings (SSSR count). The number of carbonyl (C=O) groups excluding carboxylic acids is 1. The molecule has 0 radical (unpaired) electrons. The van der Waals surface area contributed by atoms with Crippen LogP contribution in [0.15, 0.2) is 18.3 Å². The molecule has 28 heavy (non-hydrogen) atoms. The van der Waals surface area contributed by atoms with Gasteiger partial charge in [0.1, 0.15) is 6.10 Å². The summed E-state index contributed by atoms with van der Waals surface area (Å²) in [6.07, 6.45) is 4.59. The summed E-state index contributed by atoms with van der Waals surface area (Å²) in [5, 5.41) is 17.4. The maximum Gasteiger partial charge on any atom is 0.225 e. The number of amides is 1. The second-order valence-corrected chi connectivity index (χ2v) is 9.04. The van der Waals surface area contributed by atoms with E-state index in [9.17, 15) is 9.90 Å². The van der Waals surface area contributed by atoms with Crippen molar-refractivity contribution < 1.29 is 14.6 Å². The topological polar surface area (TPSA) is 67.6 Å². The number of likely N-dealkylation sites (tertiary alicyclic amines) is 1. The Bertz CT molecular complexity index is 915. The quantitative estimate of drug-likeness (QED) is 0.836. The Balaban J connectivity index is 1.36. The van der Waals surface area contributed by atoms with Crippen LogP contribution in [0.4, 0.5) is 0 Å². The minimum absolute atomic E-state index is 0.107. The number of aliphatic hydroxyl groups is 1. The van der Waals surface area contributed by atoms with Crippen molar-refractivity contribution in [2.75, 3.05) is 26.3 Å². The molecule has 2 atom stereocenters. The molecule has 150 valence electrons. The first-order chi connectivity index (χ1) is 13.5. The number of hydrogen-bond donors (Lipinski definition) is 1. The zero-order valence-corrected chi connectivity index (χ0v) is 16.9. The normalized spacial score (nSPS) is 29.0. The predicted octanol–water partition coefficient (Wildman–Crippen LogP) is 3.12. The Labute approximate surface area is 169 Å². The third-order valence-corrected chi connectivity index (χ3v) is 7.38. The van der Waals surface area contributed by atoms with Crippen molar-refractivity contribution in [3.8, 4) is 0 Å². The number of piperidine rings is 1. The van der Waals surface area contributed by atoms with E-state index in [1.54, 1.807) is 0 Å². The van der Waals surface area contributed by atoms with E-state index >= 15 is 0 Å². The first kappa shape index (κ1) is 18.4. The van der Waals surface area contributed by atoms with Gasteiger partial charge in [-0.05, 0) is 50.7 Å². The summed E-state index contributed by atoms with van der Waals surface area (Å²) in [5.41, 5.74) is 1.34. The number of aliphatic hydroxyl groups excluding tert-OH is 1. The Kier molecular flexibility index (Phi) is 4.41. The van der Waals surface area contributed by atoms with Gasteiger partial charge in [0.25, 0.3) is 0 Å². The minimum Gasteiger partial charge on any atom is -0.386 e. The summed E-state index contributed by atoms with van der Waals surface area (Å²) in [6, 6.07) is 3.76. The molecule has 1 aromatic carbocycles. The van der Waals surface area contributed by atoms with E-state index in [0.717, 1.165) is 55.2 Å². The molecule has 0 saturated carbocycles. The highest BCUT2D eigenvalue weighted by atomic mass is 35.5. The van der Waals surface area contributed by atoms with Crippen molar-refractivity contribution in [3.05, 3.63) is 28.9 Å². The van der Waals surface area contributed by atoms with E-state index in [4.69, 9.17) is 16.3 Å². The van der Waals surface area contributed by atoms with E-state index in [1.165, 1.54) is 0 Å². The molecule has 0 bridgehead atoms. The summed E-state index contributed by atoms with van der Waals surface area (Å²) >= 11 is 6.25. The van der Waals surface area contributed by atoms with E-state index in [-0.39, 0.29) is 17.7 Å². The van der Waals surface area contributed by atoms with Gasteiger partial charge in [-0.15, -0.1) is 0 Å². The molecule has 1 amide bonds. The summed E-state index contributed by atoms with van der Waals surface area (Å²) in [4.78, 5) is 14.9. The predicted molar refractivity (Wildman–Crippen MR) is 106 cm³/mol. The van der Waals surface area contributed by atoms with Crippen molar-refractivity contribution in [1.82, 2.24) is 14.7 Å². The van der Waals surface area contributed by atoms with Crippen LogP contribution in [-0.4, -0.2) is 52.0 Å². The second-order valence-electron chi connectivity index (χ2n) is 8.60. The molecule has 3 aliphatic heterocycles. The lowest BCUT2D eigenvalue weighted by molar-refractivity contribution is -0.141. The van der Waals surface area contributed by atoms with Gasteiger partial charge in [0.2, 0.25) is 5.91 Å². The molecular formula is C21H26ClN3O3. The van der Waals surface area contributed by atoms with Crippen LogP contribution in [0.1, 0.15) is 44.3 Å². The van der Waals surface area contributed by atoms with Crippen molar-refractivity contribution >= 4 is 28.4 Å². The lowest BCUT2D eigenvalue weighted by Gasteiger charge is -2.43.